The van der Waals surface area contributed by atoms with E-state index in [2.05, 4.69) is 54.4 Å². The fourth-order valence-corrected chi connectivity index (χ4v) is 8.10. The molecular weight excluding hydrogens is 648 g/mol. The molecule has 1 N–H and O–H groups in total. The highest BCUT2D eigenvalue weighted by Crippen LogP contribution is 2.52. The van der Waals surface area contributed by atoms with Gasteiger partial charge in [-0.15, -0.1) is 0 Å². The lowest BCUT2D eigenvalue weighted by Crippen LogP contribution is -2.54. The summed E-state index contributed by atoms with van der Waals surface area (Å²) in [5.74, 6) is 4.03. The predicted octanol–water partition coefficient (Wildman–Crippen LogP) is 7.15. The number of fused-ring (bicyclic) bond motifs is 2. The number of carboxylic acids is 1. The smallest absolute Gasteiger partial charge is 0.359 e. The van der Waals surface area contributed by atoms with Gasteiger partial charge in [-0.3, -0.25) is 4.90 Å². The molecule has 51 heavy (non-hydrogen) atoms. The molecule has 0 amide bonds. The summed E-state index contributed by atoms with van der Waals surface area (Å²) >= 11 is 0. The third-order valence-corrected chi connectivity index (χ3v) is 10.8. The zero-order chi connectivity index (χ0) is 35.9. The first kappa shape index (κ1) is 34.5. The molecule has 10 nitrogen and oxygen atoms in total. The van der Waals surface area contributed by atoms with E-state index in [4.69, 9.17) is 28.4 Å². The van der Waals surface area contributed by atoms with Crippen LogP contribution in [0.25, 0.3) is 0 Å². The van der Waals surface area contributed by atoms with Crippen LogP contribution in [0.4, 0.5) is 0 Å². The van der Waals surface area contributed by atoms with E-state index in [-0.39, 0.29) is 18.6 Å². The fourth-order valence-electron chi connectivity index (χ4n) is 8.10. The molecule has 4 aromatic rings. The number of methoxy groups -OCH3 is 3. The molecule has 0 spiro atoms. The predicted molar refractivity (Wildman–Crippen MR) is 193 cm³/mol. The molecule has 268 valence electrons. The Labute approximate surface area is 299 Å². The van der Waals surface area contributed by atoms with Gasteiger partial charge in [0.1, 0.15) is 11.8 Å². The third-order valence-electron chi connectivity index (χ3n) is 10.8. The van der Waals surface area contributed by atoms with Crippen molar-refractivity contribution in [3.8, 4) is 46.0 Å². The van der Waals surface area contributed by atoms with Crippen molar-refractivity contribution in [1.29, 1.82) is 0 Å². The number of ether oxygens (including phenoxy) is 6. The summed E-state index contributed by atoms with van der Waals surface area (Å²) < 4.78 is 37.9. The first-order valence-electron chi connectivity index (χ1n) is 17.6. The van der Waals surface area contributed by atoms with Crippen molar-refractivity contribution in [3.63, 3.8) is 0 Å². The van der Waals surface area contributed by atoms with Crippen LogP contribution in [-0.4, -0.2) is 82.1 Å². The minimum Gasteiger partial charge on any atom is -0.493 e. The maximum atomic E-state index is 12.3. The molecule has 0 fully saturated rings. The summed E-state index contributed by atoms with van der Waals surface area (Å²) in [5.41, 5.74) is 6.49. The van der Waals surface area contributed by atoms with Crippen LogP contribution in [0, 0.1) is 0 Å². The van der Waals surface area contributed by atoms with Crippen LogP contribution in [0.2, 0.25) is 0 Å². The molecule has 4 aliphatic rings. The Hall–Kier alpha value is -4.93. The van der Waals surface area contributed by atoms with Crippen LogP contribution >= 0.6 is 0 Å². The Kier molecular flexibility index (Phi) is 9.48. The topological polar surface area (TPSA) is 95.9 Å². The Morgan fingerprint density at radius 1 is 0.863 bits per heavy atom. The second-order valence-electron chi connectivity index (χ2n) is 14.0. The highest BCUT2D eigenvalue weighted by atomic mass is 16.6. The normalized spacial score (nSPS) is 20.9. The summed E-state index contributed by atoms with van der Waals surface area (Å²) in [6, 6.07) is 20.1. The van der Waals surface area contributed by atoms with Crippen molar-refractivity contribution < 1.29 is 42.8 Å². The number of nitrogens with zero attached hydrogens (tertiary/aromatic N) is 2. The number of carbonyl (C=O) groups is 1. The van der Waals surface area contributed by atoms with Gasteiger partial charge in [-0.1, -0.05) is 18.2 Å². The van der Waals surface area contributed by atoms with Gasteiger partial charge < -0.3 is 38.0 Å². The van der Waals surface area contributed by atoms with Gasteiger partial charge in [-0.05, 0) is 91.5 Å². The molecule has 0 aromatic heterocycles. The number of carboxylic acid groups (broad SMARTS) is 1. The van der Waals surface area contributed by atoms with Gasteiger partial charge in [0, 0.05) is 36.6 Å². The van der Waals surface area contributed by atoms with Gasteiger partial charge in [0.2, 0.25) is 5.75 Å². The number of hydrogen-bond donors (Lipinski definition) is 1. The average molecular weight is 696 g/mol. The van der Waals surface area contributed by atoms with E-state index in [1.807, 2.05) is 32.2 Å². The molecule has 4 aromatic carbocycles. The van der Waals surface area contributed by atoms with Crippen LogP contribution < -0.4 is 28.4 Å². The van der Waals surface area contributed by atoms with Gasteiger partial charge in [0.05, 0.1) is 41.5 Å². The summed E-state index contributed by atoms with van der Waals surface area (Å²) in [6.07, 6.45) is 2.81. The molecule has 3 atom stereocenters. The average Bonchev–Trinajstić information content (AvgIpc) is 3.11. The number of benzene rings is 4. The Morgan fingerprint density at radius 3 is 2.27 bits per heavy atom. The van der Waals surface area contributed by atoms with Crippen LogP contribution in [0.15, 0.2) is 60.7 Å². The van der Waals surface area contributed by atoms with E-state index >= 15 is 0 Å². The second-order valence-corrected chi connectivity index (χ2v) is 14.0. The first-order chi connectivity index (χ1) is 24.6. The van der Waals surface area contributed by atoms with Crippen LogP contribution in [0.1, 0.15) is 52.4 Å². The van der Waals surface area contributed by atoms with E-state index in [0.717, 1.165) is 46.3 Å². The van der Waals surface area contributed by atoms with E-state index in [1.165, 1.54) is 0 Å². The fraction of sp³-hybridized carbons (Fsp3) is 0.390. The van der Waals surface area contributed by atoms with E-state index in [1.54, 1.807) is 21.3 Å². The lowest BCUT2D eigenvalue weighted by molar-refractivity contribution is -0.934. The molecule has 3 unspecified atom stereocenters. The van der Waals surface area contributed by atoms with E-state index in [0.29, 0.717) is 82.9 Å². The molecule has 0 saturated carbocycles. The maximum absolute atomic E-state index is 12.3. The number of quaternary nitrogens is 1. The lowest BCUT2D eigenvalue weighted by atomic mass is 9.86. The van der Waals surface area contributed by atoms with Crippen LogP contribution in [-0.2, 0) is 30.5 Å². The highest BCUT2D eigenvalue weighted by Gasteiger charge is 2.42. The first-order valence-corrected chi connectivity index (χ1v) is 17.6. The maximum Gasteiger partial charge on any atom is 0.359 e. The number of likely N-dealkylation sites (N-methyl/N-ethyl adjacent to an activating group) is 2. The standard InChI is InChI=1S/C41H46N2O8/c1-7-49-40-37(48-6)22-28-14-16-42(2)31-18-26-10-13-33(46-4)35(20-26)50-29-11-8-25(9-12-29)19-32-30-23-36(51-41(40)39(28)31)34(47-5)21-27(30)15-17-43(32,3)24-38(44)45/h8-13,20-23,31-32H,7,14-19,24H2,1-6H3/p+1. The second kappa shape index (κ2) is 14.0. The molecule has 4 heterocycles. The van der Waals surface area contributed by atoms with Gasteiger partial charge in [0.15, 0.2) is 41.0 Å². The zero-order valence-corrected chi connectivity index (χ0v) is 30.3. The Morgan fingerprint density at radius 2 is 1.57 bits per heavy atom. The third kappa shape index (κ3) is 6.54. The SMILES string of the molecule is CCOc1c(OC)cc2c3c1Oc1cc4c(cc1OC)CC[N+](C)(CC(=O)O)C4Cc1ccc(cc1)Oc1cc(ccc1OC)CC3N(C)CC2. The minimum atomic E-state index is -0.829. The van der Waals surface area contributed by atoms with Crippen molar-refractivity contribution in [2.24, 2.45) is 0 Å². The molecular formula is C41H47N2O8+. The number of hydrogen-bond acceptors (Lipinski definition) is 8. The summed E-state index contributed by atoms with van der Waals surface area (Å²) in [7, 11) is 9.14. The monoisotopic (exact) mass is 695 g/mol. The van der Waals surface area contributed by atoms with Gasteiger partial charge in [-0.2, -0.15) is 0 Å². The molecule has 4 aliphatic heterocycles. The van der Waals surface area contributed by atoms with E-state index in [9.17, 15) is 9.90 Å². The van der Waals surface area contributed by atoms with Crippen molar-refractivity contribution in [2.75, 3.05) is 61.7 Å². The molecule has 6 bridgehead atoms. The minimum absolute atomic E-state index is 0.00441. The number of aliphatic carboxylic acids is 1. The quantitative estimate of drug-likeness (QED) is 0.202. The van der Waals surface area contributed by atoms with Gasteiger partial charge in [-0.25, -0.2) is 4.79 Å². The summed E-state index contributed by atoms with van der Waals surface area (Å²) in [5, 5.41) is 10.1. The van der Waals surface area contributed by atoms with Gasteiger partial charge in [0.25, 0.3) is 0 Å². The zero-order valence-electron chi connectivity index (χ0n) is 30.3. The van der Waals surface area contributed by atoms with Crippen LogP contribution in [0.3, 0.4) is 0 Å². The van der Waals surface area contributed by atoms with Crippen molar-refractivity contribution >= 4 is 5.97 Å². The van der Waals surface area contributed by atoms with Crippen LogP contribution in [0.5, 0.6) is 46.0 Å². The Balaban J connectivity index is 1.49. The molecule has 0 saturated heterocycles. The Bertz CT molecular complexity index is 1940. The molecule has 0 aliphatic carbocycles. The van der Waals surface area contributed by atoms with Crippen molar-refractivity contribution in [1.82, 2.24) is 4.90 Å². The molecule has 10 heteroatoms. The molecule has 8 rings (SSSR count). The van der Waals surface area contributed by atoms with Gasteiger partial charge >= 0.3 is 5.97 Å². The highest BCUT2D eigenvalue weighted by molar-refractivity contribution is 5.68. The van der Waals surface area contributed by atoms with E-state index < -0.39 is 5.97 Å². The van der Waals surface area contributed by atoms with Crippen molar-refractivity contribution in [3.05, 3.63) is 94.0 Å². The summed E-state index contributed by atoms with van der Waals surface area (Å²) in [6.45, 7) is 3.89. The molecule has 0 radical (unpaired) electrons. The lowest BCUT2D eigenvalue weighted by Gasteiger charge is -2.45. The van der Waals surface area contributed by atoms with Crippen molar-refractivity contribution in [2.45, 2.75) is 44.7 Å². The number of rotatable bonds is 7. The summed E-state index contributed by atoms with van der Waals surface area (Å²) in [4.78, 5) is 14.7. The largest absolute Gasteiger partial charge is 0.493 e.